The van der Waals surface area contributed by atoms with Gasteiger partial charge in [0.05, 0.1) is 11.3 Å². The summed E-state index contributed by atoms with van der Waals surface area (Å²) >= 11 is 0. The molecule has 1 aromatic rings. The fraction of sp³-hybridized carbons (Fsp3) is 0.462. The van der Waals surface area contributed by atoms with E-state index in [9.17, 15) is 18.0 Å². The van der Waals surface area contributed by atoms with E-state index in [1.54, 1.807) is 20.8 Å². The topological polar surface area (TPSA) is 61.5 Å². The van der Waals surface area contributed by atoms with Crippen molar-refractivity contribution in [2.24, 2.45) is 0 Å². The molecule has 0 saturated heterocycles. The summed E-state index contributed by atoms with van der Waals surface area (Å²) in [6.07, 6.45) is -4.45. The molecule has 0 amide bonds. The van der Waals surface area contributed by atoms with Crippen molar-refractivity contribution in [2.45, 2.75) is 32.5 Å². The minimum absolute atomic E-state index is 0.0578. The van der Waals surface area contributed by atoms with Crippen molar-refractivity contribution in [1.82, 2.24) is 0 Å². The van der Waals surface area contributed by atoms with Gasteiger partial charge in [-0.2, -0.15) is 13.2 Å². The van der Waals surface area contributed by atoms with Crippen LogP contribution in [0, 0.1) is 0 Å². The molecule has 0 bridgehead atoms. The van der Waals surface area contributed by atoms with Gasteiger partial charge in [-0.3, -0.25) is 0 Å². The van der Waals surface area contributed by atoms with Gasteiger partial charge >= 0.3 is 12.1 Å². The average Bonchev–Trinajstić information content (AvgIpc) is 2.23. The highest BCUT2D eigenvalue weighted by Gasteiger charge is 2.29. The number of carbonyl (C=O) groups excluding carboxylic acids is 1. The molecule has 2 N–H and O–H groups in total. The summed E-state index contributed by atoms with van der Waals surface area (Å²) < 4.78 is 45.7. The van der Waals surface area contributed by atoms with E-state index in [0.717, 1.165) is 0 Å². The summed E-state index contributed by atoms with van der Waals surface area (Å²) in [6.45, 7) is 3.67. The standard InChI is InChI=1S/C13H16F3NO3/c1-12(2,3)20-11(18)8-4-5-10(9(17)6-8)19-7-13(14,15)16/h4-6H,7,17H2,1-3H3. The molecule has 112 valence electrons. The molecular formula is C13H16F3NO3. The zero-order valence-electron chi connectivity index (χ0n) is 11.4. The van der Waals surface area contributed by atoms with Crippen molar-refractivity contribution in [3.63, 3.8) is 0 Å². The van der Waals surface area contributed by atoms with E-state index in [1.165, 1.54) is 18.2 Å². The predicted octanol–water partition coefficient (Wildman–Crippen LogP) is 3.17. The molecule has 0 aliphatic heterocycles. The minimum atomic E-state index is -4.45. The Labute approximate surface area is 114 Å². The third-order valence-corrected chi connectivity index (χ3v) is 2.04. The molecule has 7 heteroatoms. The van der Waals surface area contributed by atoms with Gasteiger partial charge < -0.3 is 15.2 Å². The largest absolute Gasteiger partial charge is 0.482 e. The average molecular weight is 291 g/mol. The Morgan fingerprint density at radius 3 is 2.30 bits per heavy atom. The zero-order valence-corrected chi connectivity index (χ0v) is 11.4. The second kappa shape index (κ2) is 5.60. The number of esters is 1. The molecule has 0 spiro atoms. The summed E-state index contributed by atoms with van der Waals surface area (Å²) in [5.41, 5.74) is 4.97. The molecule has 0 atom stereocenters. The Kier molecular flexibility index (Phi) is 4.52. The molecule has 1 rings (SSSR count). The summed E-state index contributed by atoms with van der Waals surface area (Å²) in [7, 11) is 0. The Hall–Kier alpha value is -1.92. The third-order valence-electron chi connectivity index (χ3n) is 2.04. The van der Waals surface area contributed by atoms with Crippen LogP contribution in [0.15, 0.2) is 18.2 Å². The molecule has 20 heavy (non-hydrogen) atoms. The first kappa shape index (κ1) is 16.1. The maximum absolute atomic E-state index is 12.0. The Bertz CT molecular complexity index is 493. The van der Waals surface area contributed by atoms with Crippen molar-refractivity contribution < 1.29 is 27.4 Å². The number of alkyl halides is 3. The number of nitrogens with two attached hydrogens (primary N) is 1. The maximum Gasteiger partial charge on any atom is 0.422 e. The molecule has 0 aromatic heterocycles. The fourth-order valence-electron chi connectivity index (χ4n) is 1.30. The van der Waals surface area contributed by atoms with E-state index in [0.29, 0.717) is 0 Å². The van der Waals surface area contributed by atoms with Gasteiger partial charge in [0.25, 0.3) is 0 Å². The zero-order chi connectivity index (χ0) is 15.6. The van der Waals surface area contributed by atoms with Crippen LogP contribution in [-0.4, -0.2) is 24.4 Å². The van der Waals surface area contributed by atoms with Gasteiger partial charge in [-0.25, -0.2) is 4.79 Å². The number of rotatable bonds is 3. The van der Waals surface area contributed by atoms with Crippen molar-refractivity contribution >= 4 is 11.7 Å². The van der Waals surface area contributed by atoms with Gasteiger partial charge in [0, 0.05) is 0 Å². The lowest BCUT2D eigenvalue weighted by Crippen LogP contribution is -2.24. The Balaban J connectivity index is 2.80. The quantitative estimate of drug-likeness (QED) is 0.686. The van der Waals surface area contributed by atoms with Crippen molar-refractivity contribution in [1.29, 1.82) is 0 Å². The monoisotopic (exact) mass is 291 g/mol. The number of anilines is 1. The van der Waals surface area contributed by atoms with Gasteiger partial charge in [-0.15, -0.1) is 0 Å². The smallest absolute Gasteiger partial charge is 0.422 e. The Morgan fingerprint density at radius 1 is 1.25 bits per heavy atom. The maximum atomic E-state index is 12.0. The molecule has 0 aliphatic rings. The van der Waals surface area contributed by atoms with Gasteiger partial charge in [-0.05, 0) is 39.0 Å². The van der Waals surface area contributed by atoms with Crippen LogP contribution in [0.5, 0.6) is 5.75 Å². The minimum Gasteiger partial charge on any atom is -0.482 e. The molecular weight excluding hydrogens is 275 g/mol. The highest BCUT2D eigenvalue weighted by Crippen LogP contribution is 2.26. The number of hydrogen-bond acceptors (Lipinski definition) is 4. The molecule has 0 fully saturated rings. The van der Waals surface area contributed by atoms with E-state index in [-0.39, 0.29) is 17.0 Å². The molecule has 0 saturated carbocycles. The summed E-state index contributed by atoms with van der Waals surface area (Å²) in [6, 6.07) is 3.73. The number of benzene rings is 1. The Morgan fingerprint density at radius 2 is 1.85 bits per heavy atom. The number of ether oxygens (including phenoxy) is 2. The lowest BCUT2D eigenvalue weighted by atomic mass is 10.1. The van der Waals surface area contributed by atoms with Gasteiger partial charge in [0.2, 0.25) is 0 Å². The molecule has 0 unspecified atom stereocenters. The van der Waals surface area contributed by atoms with Gasteiger partial charge in [0.1, 0.15) is 11.4 Å². The van der Waals surface area contributed by atoms with Crippen LogP contribution in [0.3, 0.4) is 0 Å². The molecule has 0 radical (unpaired) electrons. The van der Waals surface area contributed by atoms with Crippen molar-refractivity contribution in [2.75, 3.05) is 12.3 Å². The normalized spacial score (nSPS) is 12.1. The van der Waals surface area contributed by atoms with E-state index in [4.69, 9.17) is 10.5 Å². The molecule has 0 heterocycles. The SMILES string of the molecule is CC(C)(C)OC(=O)c1ccc(OCC(F)(F)F)c(N)c1. The molecule has 4 nitrogen and oxygen atoms in total. The van der Waals surface area contributed by atoms with Gasteiger partial charge in [0.15, 0.2) is 6.61 Å². The number of halogens is 3. The van der Waals surface area contributed by atoms with Crippen LogP contribution in [0.2, 0.25) is 0 Å². The van der Waals surface area contributed by atoms with Crippen LogP contribution in [0.25, 0.3) is 0 Å². The summed E-state index contributed by atoms with van der Waals surface area (Å²) in [5.74, 6) is -0.735. The van der Waals surface area contributed by atoms with Gasteiger partial charge in [-0.1, -0.05) is 0 Å². The highest BCUT2D eigenvalue weighted by molar-refractivity contribution is 5.91. The highest BCUT2D eigenvalue weighted by atomic mass is 19.4. The predicted molar refractivity (Wildman–Crippen MR) is 67.6 cm³/mol. The fourth-order valence-corrected chi connectivity index (χ4v) is 1.30. The van der Waals surface area contributed by atoms with Crippen LogP contribution >= 0.6 is 0 Å². The first-order chi connectivity index (χ1) is 8.98. The second-order valence-corrected chi connectivity index (χ2v) is 5.16. The van der Waals surface area contributed by atoms with Crippen LogP contribution in [0.4, 0.5) is 18.9 Å². The lowest BCUT2D eigenvalue weighted by Gasteiger charge is -2.19. The summed E-state index contributed by atoms with van der Waals surface area (Å²) in [4.78, 5) is 11.7. The third kappa shape index (κ3) is 5.38. The van der Waals surface area contributed by atoms with E-state index >= 15 is 0 Å². The van der Waals surface area contributed by atoms with Crippen molar-refractivity contribution in [3.05, 3.63) is 23.8 Å². The van der Waals surface area contributed by atoms with Crippen LogP contribution in [0.1, 0.15) is 31.1 Å². The first-order valence-corrected chi connectivity index (χ1v) is 5.80. The van der Waals surface area contributed by atoms with Crippen LogP contribution in [-0.2, 0) is 4.74 Å². The number of hydrogen-bond donors (Lipinski definition) is 1. The first-order valence-electron chi connectivity index (χ1n) is 5.80. The van der Waals surface area contributed by atoms with E-state index in [2.05, 4.69) is 4.74 Å². The second-order valence-electron chi connectivity index (χ2n) is 5.16. The van der Waals surface area contributed by atoms with E-state index in [1.807, 2.05) is 0 Å². The number of nitrogen functional groups attached to an aromatic ring is 1. The number of carbonyl (C=O) groups is 1. The van der Waals surface area contributed by atoms with Crippen LogP contribution < -0.4 is 10.5 Å². The molecule has 0 aliphatic carbocycles. The molecule has 1 aromatic carbocycles. The lowest BCUT2D eigenvalue weighted by molar-refractivity contribution is -0.153. The van der Waals surface area contributed by atoms with E-state index < -0.39 is 24.4 Å². The van der Waals surface area contributed by atoms with Crippen molar-refractivity contribution in [3.8, 4) is 5.75 Å². The summed E-state index contributed by atoms with van der Waals surface area (Å²) in [5, 5.41) is 0.